The van der Waals surface area contributed by atoms with Crippen LogP contribution in [0.4, 0.5) is 21.0 Å². The van der Waals surface area contributed by atoms with Crippen molar-refractivity contribution in [1.82, 2.24) is 29.7 Å². The van der Waals surface area contributed by atoms with E-state index in [1.54, 1.807) is 46.5 Å². The number of nitro benzene ring substituents is 2. The van der Waals surface area contributed by atoms with Crippen LogP contribution in [0.1, 0.15) is 128 Å². The number of benzene rings is 4. The molecule has 27 heteroatoms. The van der Waals surface area contributed by atoms with Crippen LogP contribution >= 0.6 is 15.9 Å². The number of H-pyrrole nitrogens is 2. The summed E-state index contributed by atoms with van der Waals surface area (Å²) in [5.41, 5.74) is 4.00. The minimum Gasteiger partial charge on any atom is -1.00 e. The molecule has 2 N–H and O–H groups in total. The van der Waals surface area contributed by atoms with Crippen LogP contribution in [0.25, 0.3) is 55.8 Å². The standard InChI is InChI=1S/C26H26N4O5.C20H20BNO5.C12H18BrN3O2.CH2O3.CH4.2Na.H/c1-26(2,3)35-25(31)29-12-4-5-21(29)24-27-15-20(28-24)17-8-11-22-18(13-17)14-23(34-22)16-6-9-19(10-7-16)30(32)33;1-19(2)20(3,4)27-21(26-19)15-7-10-17-14(11-15)12-18(25-17)13-5-8-16(9-6-13)22(23)24;1-12(2,3)18-11(17)16-6-4-5-8(16)10-14-7-9(13)15-10;2-1-4-3;;;;/h6-11,13-15,21H,4-5,12H2,1-3H3,(H,27,28);5-12H,1-4H3;7-8H,4-6H2,1-3H3,(H,14,15);1,3H;1H4;;;/q;;;;;2*+1;-1/p-1/t21-;;8-;;;;;/m0.0...../s1. The summed E-state index contributed by atoms with van der Waals surface area (Å²) < 4.78 is 35.9. The first-order valence-electron chi connectivity index (χ1n) is 27.0. The normalized spacial score (nSPS) is 16.5. The molecule has 0 unspecified atom stereocenters. The van der Waals surface area contributed by atoms with Gasteiger partial charge in [0.15, 0.2) is 0 Å². The third kappa shape index (κ3) is 17.9. The molecule has 2 atom stereocenters. The van der Waals surface area contributed by atoms with Gasteiger partial charge in [0.2, 0.25) is 0 Å². The first kappa shape index (κ1) is 71.4. The van der Waals surface area contributed by atoms with Gasteiger partial charge in [0.05, 0.1) is 51.2 Å². The van der Waals surface area contributed by atoms with Crippen LogP contribution in [0.2, 0.25) is 0 Å². The Bertz CT molecular complexity index is 3640. The van der Waals surface area contributed by atoms with Gasteiger partial charge in [0, 0.05) is 64.8 Å². The van der Waals surface area contributed by atoms with E-state index < -0.39 is 39.4 Å². The fourth-order valence-corrected chi connectivity index (χ4v) is 9.80. The fraction of sp³-hybridized carbons (Fsp3) is 0.383. The molecule has 0 aliphatic carbocycles. The summed E-state index contributed by atoms with van der Waals surface area (Å²) in [6, 6.07) is 27.9. The minimum absolute atomic E-state index is 0. The predicted octanol–water partition coefficient (Wildman–Crippen LogP) is 7.21. The first-order valence-corrected chi connectivity index (χ1v) is 27.8. The zero-order chi connectivity index (χ0) is 60.9. The number of ether oxygens (including phenoxy) is 2. The van der Waals surface area contributed by atoms with Crippen molar-refractivity contribution in [1.29, 1.82) is 0 Å². The average molecular weight is 1280 g/mol. The molecule has 8 aromatic rings. The molecule has 23 nitrogen and oxygen atoms in total. The smallest absolute Gasteiger partial charge is 1.00 e. The number of nitrogens with zero attached hydrogens (tertiary/aromatic N) is 6. The van der Waals surface area contributed by atoms with E-state index in [9.17, 15) is 29.8 Å². The van der Waals surface area contributed by atoms with Crippen LogP contribution in [-0.2, 0) is 28.5 Å². The van der Waals surface area contributed by atoms with E-state index >= 15 is 0 Å². The fourth-order valence-electron chi connectivity index (χ4n) is 9.49. The number of aromatic amines is 2. The molecule has 3 aliphatic heterocycles. The number of aromatic nitrogens is 4. The van der Waals surface area contributed by atoms with Crippen molar-refractivity contribution in [3.63, 3.8) is 0 Å². The molecule has 0 saturated carbocycles. The molecule has 7 heterocycles. The SMILES string of the molecule is C.CC(C)(C)OC(=O)N1CCC[C@H]1c1ncc(-c2ccc3oc(-c4ccc([N+](=O)[O-])cc4)cc3c2)[nH]1.CC(C)(C)OC(=O)N1CCC[C@H]1c1ncc(Br)[nH]1.CC1(C)OB(c2ccc3oc(-c4ccc([N+](=O)[O-])cc4)cc3c2)OC1(C)C.O=CO[O-].[H-].[Na+].[Na+]. The number of carbonyl (C=O) groups is 3. The number of nitrogens with one attached hydrogen (secondary N) is 2. The summed E-state index contributed by atoms with van der Waals surface area (Å²) in [7, 11) is -0.433. The zero-order valence-corrected chi connectivity index (χ0v) is 55.7. The van der Waals surface area contributed by atoms with Gasteiger partial charge in [-0.25, -0.2) is 19.6 Å². The van der Waals surface area contributed by atoms with Gasteiger partial charge < -0.3 is 49.2 Å². The number of hydrogen-bond donors (Lipinski definition) is 2. The molecule has 2 amide bonds. The molecule has 3 saturated heterocycles. The summed E-state index contributed by atoms with van der Waals surface area (Å²) in [5, 5.41) is 32.0. The third-order valence-electron chi connectivity index (χ3n) is 14.2. The van der Waals surface area contributed by atoms with Crippen molar-refractivity contribution in [3.05, 3.63) is 146 Å². The van der Waals surface area contributed by atoms with E-state index in [0.29, 0.717) is 23.6 Å². The molecule has 0 radical (unpaired) electrons. The van der Waals surface area contributed by atoms with Crippen molar-refractivity contribution in [2.24, 2.45) is 0 Å². The zero-order valence-electron chi connectivity index (χ0n) is 51.1. The van der Waals surface area contributed by atoms with E-state index in [4.69, 9.17) is 37.7 Å². The maximum Gasteiger partial charge on any atom is 1.00 e. The quantitative estimate of drug-likeness (QED) is 0.0474. The van der Waals surface area contributed by atoms with Crippen molar-refractivity contribution < 1.29 is 123 Å². The summed E-state index contributed by atoms with van der Waals surface area (Å²) in [6.07, 6.45) is 6.51. The van der Waals surface area contributed by atoms with Crippen LogP contribution in [-0.4, -0.2) is 101 Å². The Morgan fingerprint density at radius 3 is 1.51 bits per heavy atom. The number of carbonyl (C=O) groups excluding carboxylic acids is 3. The maximum atomic E-state index is 12.7. The Labute approximate surface area is 558 Å². The second-order valence-electron chi connectivity index (χ2n) is 23.1. The molecule has 11 rings (SSSR count). The van der Waals surface area contributed by atoms with E-state index in [1.807, 2.05) is 118 Å². The van der Waals surface area contributed by atoms with Gasteiger partial charge in [0.1, 0.15) is 50.1 Å². The third-order valence-corrected chi connectivity index (χ3v) is 14.6. The molecule has 0 bridgehead atoms. The number of imidazole rings is 2. The summed E-state index contributed by atoms with van der Waals surface area (Å²) in [4.78, 5) is 75.7. The molecule has 87 heavy (non-hydrogen) atoms. The number of fused-ring (bicyclic) bond motifs is 2. The van der Waals surface area contributed by atoms with Gasteiger partial charge in [-0.05, 0) is 177 Å². The van der Waals surface area contributed by atoms with Crippen molar-refractivity contribution in [2.45, 2.75) is 137 Å². The summed E-state index contributed by atoms with van der Waals surface area (Å²) >= 11 is 3.33. The number of rotatable bonds is 9. The molecule has 452 valence electrons. The number of nitro groups is 2. The van der Waals surface area contributed by atoms with Crippen molar-refractivity contribution in [3.8, 4) is 33.9 Å². The van der Waals surface area contributed by atoms with Gasteiger partial charge in [-0.2, -0.15) is 0 Å². The van der Waals surface area contributed by atoms with Gasteiger partial charge in [0.25, 0.3) is 17.8 Å². The molecule has 0 spiro atoms. The Kier molecular flexibility index (Phi) is 24.4. The molecule has 4 aromatic heterocycles. The number of hydrogen-bond acceptors (Lipinski definition) is 17. The van der Waals surface area contributed by atoms with E-state index in [-0.39, 0.29) is 110 Å². The summed E-state index contributed by atoms with van der Waals surface area (Å²) in [6.45, 7) is 20.5. The molecule has 3 fully saturated rings. The van der Waals surface area contributed by atoms with E-state index in [0.717, 1.165) is 92.7 Å². The second kappa shape index (κ2) is 29.7. The Balaban J connectivity index is 0.000000279. The number of furan rings is 2. The Hall–Kier alpha value is -6.39. The van der Waals surface area contributed by atoms with Gasteiger partial charge >= 0.3 is 78.4 Å². The van der Waals surface area contributed by atoms with E-state index in [2.05, 4.69) is 40.8 Å². The Morgan fingerprint density at radius 1 is 0.678 bits per heavy atom. The monoisotopic (exact) mass is 1280 g/mol. The number of halogens is 1. The van der Waals surface area contributed by atoms with Crippen LogP contribution in [0, 0.1) is 20.2 Å². The molecular formula is C60H70BBrN8Na2O15. The van der Waals surface area contributed by atoms with Crippen LogP contribution in [0.5, 0.6) is 0 Å². The largest absolute Gasteiger partial charge is 1.00 e. The molecule has 4 aromatic carbocycles. The molecular weight excluding hydrogens is 1210 g/mol. The van der Waals surface area contributed by atoms with E-state index in [1.165, 1.54) is 24.3 Å². The second-order valence-corrected chi connectivity index (χ2v) is 24.0. The average Bonchev–Trinajstić information content (AvgIpc) is 1.70. The number of non-ortho nitro benzene ring substituents is 2. The van der Waals surface area contributed by atoms with Crippen LogP contribution < -0.4 is 69.8 Å². The van der Waals surface area contributed by atoms with Crippen LogP contribution in [0.15, 0.2) is 123 Å². The molecule has 3 aliphatic rings. The first-order chi connectivity index (χ1) is 39.6. The van der Waals surface area contributed by atoms with Crippen molar-refractivity contribution >= 4 is 80.5 Å². The predicted molar refractivity (Wildman–Crippen MR) is 321 cm³/mol. The van der Waals surface area contributed by atoms with Gasteiger partial charge in [-0.15, -0.1) is 0 Å². The van der Waals surface area contributed by atoms with Gasteiger partial charge in [-0.1, -0.05) is 19.6 Å². The maximum absolute atomic E-state index is 12.7. The summed E-state index contributed by atoms with van der Waals surface area (Å²) in [5.74, 6) is 2.84. The number of likely N-dealkylation sites (tertiary alicyclic amines) is 2. The van der Waals surface area contributed by atoms with Crippen LogP contribution in [0.3, 0.4) is 0 Å². The topological polar surface area (TPSA) is 297 Å². The Morgan fingerprint density at radius 2 is 1.09 bits per heavy atom. The van der Waals surface area contributed by atoms with Gasteiger partial charge in [-0.3, -0.25) is 34.8 Å². The van der Waals surface area contributed by atoms with Crippen molar-refractivity contribution in [2.75, 3.05) is 13.1 Å². The number of amides is 2. The minimum atomic E-state index is -0.550.